The van der Waals surface area contributed by atoms with E-state index in [-0.39, 0.29) is 17.9 Å². The fraction of sp³-hybridized carbons (Fsp3) is 0.278. The van der Waals surface area contributed by atoms with Crippen molar-refractivity contribution >= 4 is 32.7 Å². The van der Waals surface area contributed by atoms with Gasteiger partial charge < -0.3 is 0 Å². The molecule has 12 heteroatoms. The average molecular weight is 468 g/mol. The number of hydrogen-bond acceptors (Lipinski definition) is 3. The predicted octanol–water partition coefficient (Wildman–Crippen LogP) is 5.19. The van der Waals surface area contributed by atoms with Crippen LogP contribution in [0.2, 0.25) is 5.02 Å². The Bertz CT molecular complexity index is 1180. The van der Waals surface area contributed by atoms with E-state index in [9.17, 15) is 30.4 Å². The van der Waals surface area contributed by atoms with Crippen LogP contribution in [0.1, 0.15) is 30.8 Å². The van der Waals surface area contributed by atoms with Crippen molar-refractivity contribution in [3.63, 3.8) is 0 Å². The molecule has 0 saturated carbocycles. The Hall–Kier alpha value is -2.24. The van der Waals surface area contributed by atoms with Crippen LogP contribution < -0.4 is 4.72 Å². The molecule has 1 aromatic heterocycles. The van der Waals surface area contributed by atoms with E-state index in [0.717, 1.165) is 6.07 Å². The lowest BCUT2D eigenvalue weighted by Gasteiger charge is -2.16. The number of alkyl halides is 5. The third-order valence-electron chi connectivity index (χ3n) is 4.39. The summed E-state index contributed by atoms with van der Waals surface area (Å²) < 4.78 is 93.7. The van der Waals surface area contributed by atoms with E-state index in [1.54, 1.807) is 12.1 Å². The quantitative estimate of drug-likeness (QED) is 0.508. The molecule has 1 N–H and O–H groups in total. The van der Waals surface area contributed by atoms with Crippen LogP contribution in [-0.2, 0) is 16.2 Å². The molecule has 3 rings (SSSR count). The van der Waals surface area contributed by atoms with Crippen molar-refractivity contribution in [1.82, 2.24) is 14.3 Å². The minimum atomic E-state index is -4.76. The molecule has 5 nitrogen and oxygen atoms in total. The highest BCUT2D eigenvalue weighted by Crippen LogP contribution is 2.33. The molecule has 0 fully saturated rings. The highest BCUT2D eigenvalue weighted by atomic mass is 35.5. The summed E-state index contributed by atoms with van der Waals surface area (Å²) in [6, 6.07) is 8.10. The number of imidazole rings is 1. The number of hydrogen-bond donors (Lipinski definition) is 1. The number of rotatable bonds is 6. The standard InChI is InChI=1S/C18H15ClF5N3O2S/c1-10(16-26-13-4-2-3-5-14(13)27(16)17(20)21)9-25-30(28,29)15-8-11(18(22,23)24)6-7-12(15)19/h2-8,10,17,25H,9H2,1H3. The summed E-state index contributed by atoms with van der Waals surface area (Å²) in [6.07, 6.45) is -4.76. The van der Waals surface area contributed by atoms with Gasteiger partial charge in [0.2, 0.25) is 10.0 Å². The van der Waals surface area contributed by atoms with Crippen molar-refractivity contribution in [3.05, 3.63) is 58.9 Å². The van der Waals surface area contributed by atoms with E-state index in [2.05, 4.69) is 9.71 Å². The van der Waals surface area contributed by atoms with Gasteiger partial charge in [-0.15, -0.1) is 0 Å². The minimum absolute atomic E-state index is 0.0657. The summed E-state index contributed by atoms with van der Waals surface area (Å²) in [6.45, 7) is -1.83. The first kappa shape index (κ1) is 22.4. The van der Waals surface area contributed by atoms with Crippen molar-refractivity contribution in [2.75, 3.05) is 6.54 Å². The molecule has 0 radical (unpaired) electrons. The van der Waals surface area contributed by atoms with E-state index in [0.29, 0.717) is 22.2 Å². The maximum atomic E-state index is 13.6. The first-order valence-corrected chi connectivity index (χ1v) is 10.4. The van der Waals surface area contributed by atoms with Crippen molar-refractivity contribution in [3.8, 4) is 0 Å². The first-order valence-electron chi connectivity index (χ1n) is 8.53. The molecule has 0 saturated heterocycles. The van der Waals surface area contributed by atoms with Gasteiger partial charge in [0.1, 0.15) is 10.7 Å². The predicted molar refractivity (Wildman–Crippen MR) is 101 cm³/mol. The van der Waals surface area contributed by atoms with Gasteiger partial charge in [-0.05, 0) is 30.3 Å². The van der Waals surface area contributed by atoms with E-state index in [1.165, 1.54) is 19.1 Å². The van der Waals surface area contributed by atoms with Crippen LogP contribution in [0.5, 0.6) is 0 Å². The molecule has 30 heavy (non-hydrogen) atoms. The number of nitrogens with one attached hydrogen (secondary N) is 1. The normalized spacial score (nSPS) is 13.9. The van der Waals surface area contributed by atoms with Crippen LogP contribution in [0.3, 0.4) is 0 Å². The van der Waals surface area contributed by atoms with Gasteiger partial charge in [-0.25, -0.2) is 18.1 Å². The largest absolute Gasteiger partial charge is 0.416 e. The summed E-state index contributed by atoms with van der Waals surface area (Å²) >= 11 is 5.78. The lowest BCUT2D eigenvalue weighted by Crippen LogP contribution is -2.29. The summed E-state index contributed by atoms with van der Waals surface area (Å²) in [5, 5.41) is -0.400. The maximum Gasteiger partial charge on any atom is 0.416 e. The van der Waals surface area contributed by atoms with Crippen LogP contribution in [0.15, 0.2) is 47.4 Å². The third-order valence-corrected chi connectivity index (χ3v) is 6.29. The number of halogens is 6. The summed E-state index contributed by atoms with van der Waals surface area (Å²) in [5.41, 5.74) is -0.693. The van der Waals surface area contributed by atoms with Crippen LogP contribution in [0, 0.1) is 0 Å². The first-order chi connectivity index (χ1) is 13.9. The Morgan fingerprint density at radius 2 is 1.83 bits per heavy atom. The van der Waals surface area contributed by atoms with E-state index >= 15 is 0 Å². The van der Waals surface area contributed by atoms with E-state index in [1.807, 2.05) is 0 Å². The second-order valence-corrected chi connectivity index (χ2v) is 8.64. The summed E-state index contributed by atoms with van der Waals surface area (Å²) in [4.78, 5) is 3.39. The van der Waals surface area contributed by atoms with Gasteiger partial charge in [-0.3, -0.25) is 4.57 Å². The zero-order valence-electron chi connectivity index (χ0n) is 15.3. The van der Waals surface area contributed by atoms with Crippen LogP contribution in [-0.4, -0.2) is 24.5 Å². The lowest BCUT2D eigenvalue weighted by molar-refractivity contribution is -0.137. The Morgan fingerprint density at radius 3 is 2.47 bits per heavy atom. The molecule has 1 atom stereocenters. The smallest absolute Gasteiger partial charge is 0.270 e. The number of aromatic nitrogens is 2. The Kier molecular flexibility index (Phi) is 6.08. The van der Waals surface area contributed by atoms with Gasteiger partial charge >= 0.3 is 12.7 Å². The number of sulfonamides is 1. The Morgan fingerprint density at radius 1 is 1.17 bits per heavy atom. The van der Waals surface area contributed by atoms with Crippen LogP contribution in [0.4, 0.5) is 22.0 Å². The van der Waals surface area contributed by atoms with Crippen LogP contribution >= 0.6 is 11.6 Å². The highest BCUT2D eigenvalue weighted by molar-refractivity contribution is 7.89. The molecule has 0 bridgehead atoms. The van der Waals surface area contributed by atoms with E-state index in [4.69, 9.17) is 11.6 Å². The van der Waals surface area contributed by atoms with Gasteiger partial charge in [0.25, 0.3) is 0 Å². The molecule has 3 aromatic rings. The third kappa shape index (κ3) is 4.42. The van der Waals surface area contributed by atoms with Gasteiger partial charge in [0, 0.05) is 12.5 Å². The Balaban J connectivity index is 1.89. The average Bonchev–Trinajstić information content (AvgIpc) is 3.05. The molecule has 0 aliphatic carbocycles. The van der Waals surface area contributed by atoms with Crippen molar-refractivity contribution in [2.45, 2.75) is 30.5 Å². The molecule has 162 valence electrons. The zero-order valence-corrected chi connectivity index (χ0v) is 16.9. The SMILES string of the molecule is CC(CNS(=O)(=O)c1cc(C(F)(F)F)ccc1Cl)c1nc2ccccc2n1C(F)F. The number of fused-ring (bicyclic) bond motifs is 1. The molecule has 0 aliphatic heterocycles. The number of para-hydroxylation sites is 2. The fourth-order valence-electron chi connectivity index (χ4n) is 2.91. The van der Waals surface area contributed by atoms with Crippen LogP contribution in [0.25, 0.3) is 11.0 Å². The van der Waals surface area contributed by atoms with Crippen molar-refractivity contribution in [2.24, 2.45) is 0 Å². The summed E-state index contributed by atoms with van der Waals surface area (Å²) in [5.74, 6) is -0.880. The van der Waals surface area contributed by atoms with Crippen molar-refractivity contribution < 1.29 is 30.4 Å². The number of nitrogens with zero attached hydrogens (tertiary/aromatic N) is 2. The second-order valence-electron chi connectivity index (χ2n) is 6.50. The summed E-state index contributed by atoms with van der Waals surface area (Å²) in [7, 11) is -4.45. The molecule has 1 unspecified atom stereocenters. The highest BCUT2D eigenvalue weighted by Gasteiger charge is 2.33. The molecule has 0 spiro atoms. The van der Waals surface area contributed by atoms with Gasteiger partial charge in [-0.2, -0.15) is 22.0 Å². The van der Waals surface area contributed by atoms with Gasteiger partial charge in [0.05, 0.1) is 21.6 Å². The molecule has 0 aliphatic rings. The van der Waals surface area contributed by atoms with E-state index < -0.39 is 44.1 Å². The molecule has 0 amide bonds. The maximum absolute atomic E-state index is 13.6. The fourth-order valence-corrected chi connectivity index (χ4v) is 4.56. The van der Waals surface area contributed by atoms with Gasteiger partial charge in [0.15, 0.2) is 0 Å². The van der Waals surface area contributed by atoms with Gasteiger partial charge in [-0.1, -0.05) is 30.7 Å². The second kappa shape index (κ2) is 8.12. The number of benzene rings is 2. The van der Waals surface area contributed by atoms with Crippen molar-refractivity contribution in [1.29, 1.82) is 0 Å². The Labute approximate surface area is 173 Å². The lowest BCUT2D eigenvalue weighted by atomic mass is 10.2. The zero-order chi connectivity index (χ0) is 22.3. The molecular weight excluding hydrogens is 453 g/mol. The topological polar surface area (TPSA) is 64.0 Å². The minimum Gasteiger partial charge on any atom is -0.270 e. The molecular formula is C18H15ClF5N3O2S. The molecule has 2 aromatic carbocycles. The molecule has 1 heterocycles. The monoisotopic (exact) mass is 467 g/mol.